The van der Waals surface area contributed by atoms with Crippen molar-refractivity contribution in [2.45, 2.75) is 26.9 Å². The van der Waals surface area contributed by atoms with Gasteiger partial charge in [-0.3, -0.25) is 0 Å². The molecule has 16 heavy (non-hydrogen) atoms. The van der Waals surface area contributed by atoms with Crippen LogP contribution in [0.25, 0.3) is 0 Å². The second-order valence-electron chi connectivity index (χ2n) is 3.96. The summed E-state index contributed by atoms with van der Waals surface area (Å²) in [6.45, 7) is 6.38. The first-order chi connectivity index (χ1) is 7.52. The summed E-state index contributed by atoms with van der Waals surface area (Å²) in [5, 5.41) is 8.85. The van der Waals surface area contributed by atoms with Crippen LogP contribution in [0.2, 0.25) is 0 Å². The van der Waals surface area contributed by atoms with Gasteiger partial charge in [-0.25, -0.2) is 4.98 Å². The normalized spacial score (nSPS) is 10.6. The highest BCUT2D eigenvalue weighted by atomic mass is 16.5. The summed E-state index contributed by atoms with van der Waals surface area (Å²) < 4.78 is 5.52. The SMILES string of the molecule is Cc1cc(OC(C)C)nc(N(C)CCO)n1. The summed E-state index contributed by atoms with van der Waals surface area (Å²) in [4.78, 5) is 10.3. The van der Waals surface area contributed by atoms with Crippen molar-refractivity contribution in [2.24, 2.45) is 0 Å². The van der Waals surface area contributed by atoms with Gasteiger partial charge in [0, 0.05) is 25.4 Å². The third-order valence-electron chi connectivity index (χ3n) is 1.95. The fraction of sp³-hybridized carbons (Fsp3) is 0.636. The van der Waals surface area contributed by atoms with E-state index in [-0.39, 0.29) is 12.7 Å². The molecule has 0 fully saturated rings. The van der Waals surface area contributed by atoms with Crippen LogP contribution >= 0.6 is 0 Å². The van der Waals surface area contributed by atoms with Crippen LogP contribution in [-0.2, 0) is 0 Å². The Labute approximate surface area is 96.1 Å². The van der Waals surface area contributed by atoms with Gasteiger partial charge in [0.1, 0.15) is 0 Å². The summed E-state index contributed by atoms with van der Waals surface area (Å²) in [6.07, 6.45) is 0.0882. The Morgan fingerprint density at radius 3 is 2.69 bits per heavy atom. The van der Waals surface area contributed by atoms with Gasteiger partial charge in [-0.1, -0.05) is 0 Å². The summed E-state index contributed by atoms with van der Waals surface area (Å²) in [5.41, 5.74) is 0.852. The number of aromatic nitrogens is 2. The van der Waals surface area contributed by atoms with Gasteiger partial charge in [0.15, 0.2) is 0 Å². The maximum atomic E-state index is 8.85. The topological polar surface area (TPSA) is 58.5 Å². The van der Waals surface area contributed by atoms with E-state index in [0.717, 1.165) is 5.69 Å². The van der Waals surface area contributed by atoms with E-state index in [9.17, 15) is 0 Å². The minimum atomic E-state index is 0.0776. The Morgan fingerprint density at radius 1 is 1.44 bits per heavy atom. The maximum Gasteiger partial charge on any atom is 0.228 e. The second kappa shape index (κ2) is 5.65. The Bertz CT molecular complexity index is 342. The zero-order chi connectivity index (χ0) is 12.1. The Kier molecular flexibility index (Phi) is 4.49. The zero-order valence-corrected chi connectivity index (χ0v) is 10.3. The lowest BCUT2D eigenvalue weighted by Crippen LogP contribution is -2.24. The molecule has 0 radical (unpaired) electrons. The first-order valence-electron chi connectivity index (χ1n) is 5.37. The number of anilines is 1. The standard InChI is InChI=1S/C11H19N3O2/c1-8(2)16-10-7-9(3)12-11(13-10)14(4)5-6-15/h7-8,15H,5-6H2,1-4H3. The average Bonchev–Trinajstić information content (AvgIpc) is 2.15. The molecule has 0 aliphatic carbocycles. The van der Waals surface area contributed by atoms with Gasteiger partial charge < -0.3 is 14.7 Å². The van der Waals surface area contributed by atoms with Crippen LogP contribution < -0.4 is 9.64 Å². The molecule has 0 aliphatic heterocycles. The number of nitrogens with zero attached hydrogens (tertiary/aromatic N) is 3. The predicted molar refractivity (Wildman–Crippen MR) is 62.9 cm³/mol. The van der Waals surface area contributed by atoms with Crippen molar-refractivity contribution in [3.8, 4) is 5.88 Å². The number of hydrogen-bond acceptors (Lipinski definition) is 5. The summed E-state index contributed by atoms with van der Waals surface area (Å²) in [7, 11) is 1.84. The lowest BCUT2D eigenvalue weighted by Gasteiger charge is -2.17. The number of aliphatic hydroxyl groups is 1. The molecule has 90 valence electrons. The molecule has 5 heteroatoms. The molecule has 0 amide bonds. The molecule has 0 bridgehead atoms. The highest BCUT2D eigenvalue weighted by Gasteiger charge is 2.08. The fourth-order valence-corrected chi connectivity index (χ4v) is 1.25. The number of ether oxygens (including phenoxy) is 1. The van der Waals surface area contributed by atoms with E-state index in [2.05, 4.69) is 9.97 Å². The molecule has 1 rings (SSSR count). The van der Waals surface area contributed by atoms with Gasteiger partial charge >= 0.3 is 0 Å². The Hall–Kier alpha value is -1.36. The number of likely N-dealkylation sites (N-methyl/N-ethyl adjacent to an activating group) is 1. The van der Waals surface area contributed by atoms with Gasteiger partial charge in [0.05, 0.1) is 12.7 Å². The third kappa shape index (κ3) is 3.66. The molecule has 0 unspecified atom stereocenters. The number of rotatable bonds is 5. The van der Waals surface area contributed by atoms with Crippen molar-refractivity contribution in [1.29, 1.82) is 0 Å². The van der Waals surface area contributed by atoms with Crippen molar-refractivity contribution in [3.63, 3.8) is 0 Å². The van der Waals surface area contributed by atoms with Gasteiger partial charge in [-0.15, -0.1) is 0 Å². The van der Waals surface area contributed by atoms with E-state index in [4.69, 9.17) is 9.84 Å². The number of aliphatic hydroxyl groups excluding tert-OH is 1. The average molecular weight is 225 g/mol. The quantitative estimate of drug-likeness (QED) is 0.810. The van der Waals surface area contributed by atoms with Crippen molar-refractivity contribution in [1.82, 2.24) is 9.97 Å². The van der Waals surface area contributed by atoms with E-state index in [0.29, 0.717) is 18.4 Å². The van der Waals surface area contributed by atoms with Gasteiger partial charge in [-0.2, -0.15) is 4.98 Å². The van der Waals surface area contributed by atoms with Crippen LogP contribution in [0.5, 0.6) is 5.88 Å². The first-order valence-corrected chi connectivity index (χ1v) is 5.37. The smallest absolute Gasteiger partial charge is 0.228 e. The van der Waals surface area contributed by atoms with Crippen molar-refractivity contribution in [2.75, 3.05) is 25.1 Å². The molecule has 1 aromatic heterocycles. The molecular formula is C11H19N3O2. The van der Waals surface area contributed by atoms with Crippen LogP contribution in [0.4, 0.5) is 5.95 Å². The molecule has 0 atom stereocenters. The van der Waals surface area contributed by atoms with Crippen LogP contribution in [0, 0.1) is 6.92 Å². The molecule has 0 aliphatic rings. The molecule has 0 spiro atoms. The lowest BCUT2D eigenvalue weighted by atomic mass is 10.4. The van der Waals surface area contributed by atoms with Gasteiger partial charge in [0.2, 0.25) is 11.8 Å². The molecule has 1 N–H and O–H groups in total. The molecule has 0 saturated heterocycles. The van der Waals surface area contributed by atoms with E-state index in [1.165, 1.54) is 0 Å². The van der Waals surface area contributed by atoms with Crippen molar-refractivity contribution < 1.29 is 9.84 Å². The van der Waals surface area contributed by atoms with E-state index in [1.54, 1.807) is 11.0 Å². The molecule has 0 saturated carbocycles. The maximum absolute atomic E-state index is 8.85. The highest BCUT2D eigenvalue weighted by Crippen LogP contribution is 2.15. The predicted octanol–water partition coefficient (Wildman–Crippen LogP) is 1.00. The van der Waals surface area contributed by atoms with Gasteiger partial charge in [0.25, 0.3) is 0 Å². The fourth-order valence-electron chi connectivity index (χ4n) is 1.25. The largest absolute Gasteiger partial charge is 0.475 e. The Balaban J connectivity index is 2.89. The summed E-state index contributed by atoms with van der Waals surface area (Å²) in [6, 6.07) is 1.80. The van der Waals surface area contributed by atoms with E-state index >= 15 is 0 Å². The lowest BCUT2D eigenvalue weighted by molar-refractivity contribution is 0.232. The number of aryl methyl sites for hydroxylation is 1. The zero-order valence-electron chi connectivity index (χ0n) is 10.3. The van der Waals surface area contributed by atoms with Crippen LogP contribution in [-0.4, -0.2) is 41.4 Å². The molecular weight excluding hydrogens is 206 g/mol. The monoisotopic (exact) mass is 225 g/mol. The van der Waals surface area contributed by atoms with Gasteiger partial charge in [-0.05, 0) is 20.8 Å². The van der Waals surface area contributed by atoms with Crippen LogP contribution in [0.15, 0.2) is 6.07 Å². The van der Waals surface area contributed by atoms with E-state index in [1.807, 2.05) is 27.8 Å². The van der Waals surface area contributed by atoms with Crippen molar-refractivity contribution >= 4 is 5.95 Å². The number of hydrogen-bond donors (Lipinski definition) is 1. The van der Waals surface area contributed by atoms with E-state index < -0.39 is 0 Å². The minimum Gasteiger partial charge on any atom is -0.475 e. The van der Waals surface area contributed by atoms with Crippen LogP contribution in [0.3, 0.4) is 0 Å². The molecule has 5 nitrogen and oxygen atoms in total. The molecule has 1 heterocycles. The highest BCUT2D eigenvalue weighted by molar-refractivity contribution is 5.33. The minimum absolute atomic E-state index is 0.0776. The van der Waals surface area contributed by atoms with Crippen molar-refractivity contribution in [3.05, 3.63) is 11.8 Å². The Morgan fingerprint density at radius 2 is 2.12 bits per heavy atom. The first kappa shape index (κ1) is 12.7. The third-order valence-corrected chi connectivity index (χ3v) is 1.95. The summed E-state index contributed by atoms with van der Waals surface area (Å²) >= 11 is 0. The molecule has 0 aromatic carbocycles. The second-order valence-corrected chi connectivity index (χ2v) is 3.96. The summed E-state index contributed by atoms with van der Waals surface area (Å²) in [5.74, 6) is 1.15. The molecule has 1 aromatic rings. The van der Waals surface area contributed by atoms with Crippen LogP contribution in [0.1, 0.15) is 19.5 Å².